The van der Waals surface area contributed by atoms with Crippen LogP contribution in [0.3, 0.4) is 0 Å². The largest absolute Gasteiger partial charge is 0.342 e. The van der Waals surface area contributed by atoms with Crippen molar-refractivity contribution in [1.82, 2.24) is 4.90 Å². The smallest absolute Gasteiger partial charge is 0.222 e. The summed E-state index contributed by atoms with van der Waals surface area (Å²) in [6, 6.07) is 0. The molecular weight excluding hydrogens is 224 g/mol. The summed E-state index contributed by atoms with van der Waals surface area (Å²) in [5.74, 6) is 2.90. The van der Waals surface area contributed by atoms with Crippen LogP contribution in [0.25, 0.3) is 0 Å². The Balaban J connectivity index is 1.53. The molecule has 1 aliphatic heterocycles. The van der Waals surface area contributed by atoms with Gasteiger partial charge in [-0.3, -0.25) is 4.79 Å². The van der Waals surface area contributed by atoms with Crippen molar-refractivity contribution in [1.29, 1.82) is 0 Å². The van der Waals surface area contributed by atoms with E-state index in [-0.39, 0.29) is 5.41 Å². The van der Waals surface area contributed by atoms with Crippen LogP contribution in [0.1, 0.15) is 45.4 Å². The van der Waals surface area contributed by atoms with E-state index in [1.165, 1.54) is 25.7 Å². The summed E-state index contributed by atoms with van der Waals surface area (Å²) in [6.45, 7) is 4.71. The second-order valence-electron chi connectivity index (χ2n) is 7.22. The fraction of sp³-hybridized carbons (Fsp3) is 0.933. The first-order valence-electron chi connectivity index (χ1n) is 7.57. The second-order valence-corrected chi connectivity index (χ2v) is 7.22. The van der Waals surface area contributed by atoms with Gasteiger partial charge >= 0.3 is 0 Å². The summed E-state index contributed by atoms with van der Waals surface area (Å²) in [5.41, 5.74) is 5.98. The zero-order valence-electron chi connectivity index (χ0n) is 11.5. The summed E-state index contributed by atoms with van der Waals surface area (Å²) in [6.07, 6.45) is 7.40. The molecule has 2 N–H and O–H groups in total. The molecule has 4 atom stereocenters. The average molecular weight is 250 g/mol. The lowest BCUT2D eigenvalue weighted by atomic mass is 9.86. The molecule has 2 bridgehead atoms. The Morgan fingerprint density at radius 1 is 1.39 bits per heavy atom. The summed E-state index contributed by atoms with van der Waals surface area (Å²) in [4.78, 5) is 14.4. The average Bonchev–Trinajstić information content (AvgIpc) is 3.04. The number of carbonyl (C=O) groups is 1. The van der Waals surface area contributed by atoms with E-state index in [4.69, 9.17) is 5.73 Å². The summed E-state index contributed by atoms with van der Waals surface area (Å²) >= 11 is 0. The van der Waals surface area contributed by atoms with Gasteiger partial charge < -0.3 is 10.6 Å². The van der Waals surface area contributed by atoms with E-state index in [1.807, 2.05) is 0 Å². The topological polar surface area (TPSA) is 46.3 Å². The van der Waals surface area contributed by atoms with Crippen LogP contribution in [0.2, 0.25) is 0 Å². The molecule has 18 heavy (non-hydrogen) atoms. The van der Waals surface area contributed by atoms with Crippen LogP contribution in [0, 0.1) is 23.2 Å². The number of rotatable bonds is 3. The Hall–Kier alpha value is -0.570. The lowest BCUT2D eigenvalue weighted by Gasteiger charge is -2.26. The zero-order valence-corrected chi connectivity index (χ0v) is 11.5. The third-order valence-electron chi connectivity index (χ3n) is 5.72. The van der Waals surface area contributed by atoms with Gasteiger partial charge in [-0.1, -0.05) is 13.3 Å². The van der Waals surface area contributed by atoms with Crippen molar-refractivity contribution in [3.8, 4) is 0 Å². The highest BCUT2D eigenvalue weighted by molar-refractivity contribution is 5.77. The third kappa shape index (κ3) is 2.18. The molecule has 3 rings (SSSR count). The number of hydrogen-bond donors (Lipinski definition) is 1. The standard InChI is InChI=1S/C15H26N2O/c1-15(9-16)4-5-17(10-15)14(18)8-13-7-11-2-3-12(13)6-11/h11-13H,2-10,16H2,1H3. The molecule has 3 nitrogen and oxygen atoms in total. The van der Waals surface area contributed by atoms with Gasteiger partial charge in [-0.2, -0.15) is 0 Å². The Kier molecular flexibility index (Phi) is 3.13. The number of carbonyl (C=O) groups excluding carboxylic acids is 1. The molecule has 0 spiro atoms. The normalized spacial score (nSPS) is 42.8. The molecule has 2 saturated carbocycles. The molecule has 3 aliphatic rings. The van der Waals surface area contributed by atoms with Crippen LogP contribution in [-0.2, 0) is 4.79 Å². The number of likely N-dealkylation sites (tertiary alicyclic amines) is 1. The molecule has 1 heterocycles. The number of amides is 1. The van der Waals surface area contributed by atoms with Crippen molar-refractivity contribution in [2.24, 2.45) is 28.9 Å². The van der Waals surface area contributed by atoms with Crippen molar-refractivity contribution in [3.63, 3.8) is 0 Å². The zero-order chi connectivity index (χ0) is 12.8. The second kappa shape index (κ2) is 4.52. The van der Waals surface area contributed by atoms with Gasteiger partial charge in [0.25, 0.3) is 0 Å². The lowest BCUT2D eigenvalue weighted by molar-refractivity contribution is -0.131. The van der Waals surface area contributed by atoms with Gasteiger partial charge in [-0.15, -0.1) is 0 Å². The fourth-order valence-corrected chi connectivity index (χ4v) is 4.38. The van der Waals surface area contributed by atoms with E-state index in [1.54, 1.807) is 0 Å². The Bertz CT molecular complexity index is 343. The van der Waals surface area contributed by atoms with Crippen LogP contribution >= 0.6 is 0 Å². The van der Waals surface area contributed by atoms with Gasteiger partial charge in [0.15, 0.2) is 0 Å². The van der Waals surface area contributed by atoms with Crippen molar-refractivity contribution in [2.45, 2.75) is 45.4 Å². The Morgan fingerprint density at radius 2 is 2.22 bits per heavy atom. The molecule has 2 aliphatic carbocycles. The third-order valence-corrected chi connectivity index (χ3v) is 5.72. The molecule has 3 fully saturated rings. The minimum absolute atomic E-state index is 0.171. The molecule has 0 aromatic carbocycles. The summed E-state index contributed by atoms with van der Waals surface area (Å²) in [7, 11) is 0. The SMILES string of the molecule is CC1(CN)CCN(C(=O)CC2CC3CCC2C3)C1. The number of hydrogen-bond acceptors (Lipinski definition) is 2. The van der Waals surface area contributed by atoms with Gasteiger partial charge in [0.2, 0.25) is 5.91 Å². The first-order chi connectivity index (χ1) is 8.59. The number of nitrogens with zero attached hydrogens (tertiary/aromatic N) is 1. The van der Waals surface area contributed by atoms with E-state index in [0.29, 0.717) is 18.4 Å². The molecule has 1 amide bonds. The van der Waals surface area contributed by atoms with Crippen molar-refractivity contribution in [2.75, 3.05) is 19.6 Å². The Morgan fingerprint density at radius 3 is 2.78 bits per heavy atom. The maximum Gasteiger partial charge on any atom is 0.222 e. The van der Waals surface area contributed by atoms with Gasteiger partial charge in [-0.25, -0.2) is 0 Å². The van der Waals surface area contributed by atoms with Gasteiger partial charge in [-0.05, 0) is 55.4 Å². The van der Waals surface area contributed by atoms with E-state index >= 15 is 0 Å². The van der Waals surface area contributed by atoms with Crippen molar-refractivity contribution < 1.29 is 4.79 Å². The summed E-state index contributed by atoms with van der Waals surface area (Å²) in [5, 5.41) is 0. The molecule has 0 aromatic rings. The van der Waals surface area contributed by atoms with Crippen LogP contribution < -0.4 is 5.73 Å². The number of fused-ring (bicyclic) bond motifs is 2. The maximum atomic E-state index is 12.4. The molecule has 1 saturated heterocycles. The van der Waals surface area contributed by atoms with Crippen molar-refractivity contribution >= 4 is 5.91 Å². The monoisotopic (exact) mass is 250 g/mol. The highest BCUT2D eigenvalue weighted by Crippen LogP contribution is 2.49. The minimum atomic E-state index is 0.171. The van der Waals surface area contributed by atoms with E-state index in [2.05, 4.69) is 11.8 Å². The van der Waals surface area contributed by atoms with Crippen molar-refractivity contribution in [3.05, 3.63) is 0 Å². The minimum Gasteiger partial charge on any atom is -0.342 e. The molecule has 4 unspecified atom stereocenters. The van der Waals surface area contributed by atoms with Gasteiger partial charge in [0.1, 0.15) is 0 Å². The van der Waals surface area contributed by atoms with Crippen LogP contribution in [0.15, 0.2) is 0 Å². The first-order valence-corrected chi connectivity index (χ1v) is 7.57. The van der Waals surface area contributed by atoms with E-state index < -0.39 is 0 Å². The van der Waals surface area contributed by atoms with E-state index in [0.717, 1.165) is 37.8 Å². The maximum absolute atomic E-state index is 12.4. The first kappa shape index (κ1) is 12.5. The molecular formula is C15H26N2O. The molecule has 3 heteroatoms. The van der Waals surface area contributed by atoms with E-state index in [9.17, 15) is 4.79 Å². The Labute approximate surface area is 110 Å². The number of nitrogens with two attached hydrogens (primary N) is 1. The molecule has 0 aromatic heterocycles. The molecule has 0 radical (unpaired) electrons. The van der Waals surface area contributed by atoms with Crippen LogP contribution in [0.5, 0.6) is 0 Å². The highest BCUT2D eigenvalue weighted by Gasteiger charge is 2.42. The lowest BCUT2D eigenvalue weighted by Crippen LogP contribution is -2.35. The highest BCUT2D eigenvalue weighted by atomic mass is 16.2. The van der Waals surface area contributed by atoms with Gasteiger partial charge in [0, 0.05) is 19.5 Å². The van der Waals surface area contributed by atoms with Gasteiger partial charge in [0.05, 0.1) is 0 Å². The quantitative estimate of drug-likeness (QED) is 0.833. The fourth-order valence-electron chi connectivity index (χ4n) is 4.38. The molecule has 102 valence electrons. The predicted molar refractivity (Wildman–Crippen MR) is 71.9 cm³/mol. The predicted octanol–water partition coefficient (Wildman–Crippen LogP) is 2.01. The van der Waals surface area contributed by atoms with Crippen LogP contribution in [-0.4, -0.2) is 30.4 Å². The van der Waals surface area contributed by atoms with Crippen LogP contribution in [0.4, 0.5) is 0 Å². The summed E-state index contributed by atoms with van der Waals surface area (Å²) < 4.78 is 0.